The number of piperidine rings is 1. The van der Waals surface area contributed by atoms with Crippen LogP contribution in [-0.2, 0) is 4.79 Å². The van der Waals surface area contributed by atoms with E-state index in [4.69, 9.17) is 0 Å². The standard InChI is InChI=1S/C11H21N3O/c1-2-13-9-3-4-11(15)14(13)10-5-7-12-8-6-10/h10,12H,2-9H2,1H3. The predicted octanol–water partition coefficient (Wildman–Crippen LogP) is 0.598. The molecule has 2 saturated heterocycles. The first-order valence-electron chi connectivity index (χ1n) is 6.10. The maximum atomic E-state index is 11.9. The number of amides is 1. The average molecular weight is 211 g/mol. The van der Waals surface area contributed by atoms with Crippen LogP contribution in [-0.4, -0.2) is 48.1 Å². The van der Waals surface area contributed by atoms with Gasteiger partial charge in [0.05, 0.1) is 6.04 Å². The van der Waals surface area contributed by atoms with E-state index in [1.54, 1.807) is 0 Å². The summed E-state index contributed by atoms with van der Waals surface area (Å²) in [5, 5.41) is 7.62. The van der Waals surface area contributed by atoms with Crippen molar-refractivity contribution in [2.75, 3.05) is 26.2 Å². The van der Waals surface area contributed by atoms with E-state index in [0.29, 0.717) is 11.9 Å². The maximum Gasteiger partial charge on any atom is 0.237 e. The minimum Gasteiger partial charge on any atom is -0.317 e. The molecule has 86 valence electrons. The number of rotatable bonds is 2. The van der Waals surface area contributed by atoms with Crippen LogP contribution in [0.1, 0.15) is 32.6 Å². The minimum atomic E-state index is 0.329. The van der Waals surface area contributed by atoms with Crippen LogP contribution < -0.4 is 5.32 Å². The predicted molar refractivity (Wildman–Crippen MR) is 59.2 cm³/mol. The summed E-state index contributed by atoms with van der Waals surface area (Å²) in [7, 11) is 0. The first-order chi connectivity index (χ1) is 7.33. The Kier molecular flexibility index (Phi) is 3.59. The molecular formula is C11H21N3O. The zero-order valence-corrected chi connectivity index (χ0v) is 9.54. The van der Waals surface area contributed by atoms with Crippen LogP contribution in [0.25, 0.3) is 0 Å². The third kappa shape index (κ3) is 2.32. The molecular weight excluding hydrogens is 190 g/mol. The van der Waals surface area contributed by atoms with E-state index in [2.05, 4.69) is 17.2 Å². The fourth-order valence-electron chi connectivity index (χ4n) is 2.59. The SMILES string of the molecule is CCN1CCCC(=O)N1C1CCNCC1. The Morgan fingerprint density at radius 3 is 2.80 bits per heavy atom. The number of nitrogens with zero attached hydrogens (tertiary/aromatic N) is 2. The molecule has 0 bridgehead atoms. The summed E-state index contributed by atoms with van der Waals surface area (Å²) in [6.45, 7) is 6.23. The van der Waals surface area contributed by atoms with Gasteiger partial charge in [-0.25, -0.2) is 5.01 Å². The molecule has 0 aromatic heterocycles. The van der Waals surface area contributed by atoms with Crippen LogP contribution in [0, 0.1) is 0 Å². The number of nitrogens with one attached hydrogen (secondary N) is 1. The van der Waals surface area contributed by atoms with Crippen LogP contribution in [0.4, 0.5) is 0 Å². The second-order valence-electron chi connectivity index (χ2n) is 4.37. The molecule has 0 atom stereocenters. The molecule has 4 heteroatoms. The highest BCUT2D eigenvalue weighted by Gasteiger charge is 2.31. The van der Waals surface area contributed by atoms with Crippen LogP contribution in [0.3, 0.4) is 0 Å². The van der Waals surface area contributed by atoms with E-state index >= 15 is 0 Å². The van der Waals surface area contributed by atoms with Crippen molar-refractivity contribution >= 4 is 5.91 Å². The first kappa shape index (κ1) is 10.9. The van der Waals surface area contributed by atoms with Gasteiger partial charge in [-0.15, -0.1) is 0 Å². The number of carbonyl (C=O) groups excluding carboxylic acids is 1. The number of hydrogen-bond donors (Lipinski definition) is 1. The largest absolute Gasteiger partial charge is 0.317 e. The quantitative estimate of drug-likeness (QED) is 0.726. The molecule has 2 aliphatic rings. The van der Waals surface area contributed by atoms with E-state index in [1.165, 1.54) is 0 Å². The number of hydrazine groups is 1. The Labute approximate surface area is 91.6 Å². The molecule has 0 saturated carbocycles. The van der Waals surface area contributed by atoms with E-state index in [0.717, 1.165) is 51.9 Å². The molecule has 0 aromatic carbocycles. The van der Waals surface area contributed by atoms with Crippen LogP contribution in [0.2, 0.25) is 0 Å². The van der Waals surface area contributed by atoms with Gasteiger partial charge in [0.1, 0.15) is 0 Å². The second-order valence-corrected chi connectivity index (χ2v) is 4.37. The summed E-state index contributed by atoms with van der Waals surface area (Å²) in [4.78, 5) is 11.9. The Morgan fingerprint density at radius 1 is 1.40 bits per heavy atom. The Hall–Kier alpha value is -0.610. The van der Waals surface area contributed by atoms with Gasteiger partial charge in [0.25, 0.3) is 0 Å². The molecule has 1 N–H and O–H groups in total. The van der Waals surface area contributed by atoms with Gasteiger partial charge in [-0.1, -0.05) is 6.92 Å². The molecule has 0 aliphatic carbocycles. The highest BCUT2D eigenvalue weighted by molar-refractivity contribution is 5.76. The monoisotopic (exact) mass is 211 g/mol. The maximum absolute atomic E-state index is 11.9. The Morgan fingerprint density at radius 2 is 2.13 bits per heavy atom. The van der Waals surface area contributed by atoms with Crippen molar-refractivity contribution < 1.29 is 4.79 Å². The summed E-state index contributed by atoms with van der Waals surface area (Å²) < 4.78 is 0. The summed E-state index contributed by atoms with van der Waals surface area (Å²) in [6, 6.07) is 0.444. The van der Waals surface area contributed by atoms with Crippen molar-refractivity contribution in [2.45, 2.75) is 38.6 Å². The lowest BCUT2D eigenvalue weighted by Gasteiger charge is -2.44. The van der Waals surface area contributed by atoms with Gasteiger partial charge in [-0.3, -0.25) is 9.80 Å². The van der Waals surface area contributed by atoms with Gasteiger partial charge in [0, 0.05) is 19.5 Å². The molecule has 0 unspecified atom stereocenters. The van der Waals surface area contributed by atoms with E-state index in [-0.39, 0.29) is 0 Å². The number of carbonyl (C=O) groups is 1. The topological polar surface area (TPSA) is 35.6 Å². The van der Waals surface area contributed by atoms with Gasteiger partial charge in [-0.05, 0) is 32.4 Å². The lowest BCUT2D eigenvalue weighted by Crippen LogP contribution is -2.57. The molecule has 0 radical (unpaired) electrons. The smallest absolute Gasteiger partial charge is 0.237 e. The molecule has 1 amide bonds. The van der Waals surface area contributed by atoms with Crippen LogP contribution in [0.15, 0.2) is 0 Å². The minimum absolute atomic E-state index is 0.329. The van der Waals surface area contributed by atoms with Gasteiger partial charge < -0.3 is 5.32 Å². The lowest BCUT2D eigenvalue weighted by atomic mass is 10.0. The summed E-state index contributed by atoms with van der Waals surface area (Å²) >= 11 is 0. The summed E-state index contributed by atoms with van der Waals surface area (Å²) in [5.41, 5.74) is 0. The van der Waals surface area contributed by atoms with Gasteiger partial charge >= 0.3 is 0 Å². The highest BCUT2D eigenvalue weighted by Crippen LogP contribution is 2.20. The van der Waals surface area contributed by atoms with Gasteiger partial charge in [0.2, 0.25) is 5.91 Å². The molecule has 15 heavy (non-hydrogen) atoms. The lowest BCUT2D eigenvalue weighted by molar-refractivity contribution is -0.163. The van der Waals surface area contributed by atoms with Crippen molar-refractivity contribution in [1.29, 1.82) is 0 Å². The zero-order valence-electron chi connectivity index (χ0n) is 9.54. The summed E-state index contributed by atoms with van der Waals surface area (Å²) in [5.74, 6) is 0.329. The zero-order chi connectivity index (χ0) is 10.7. The Balaban J connectivity index is 2.03. The molecule has 0 aromatic rings. The Bertz CT molecular complexity index is 226. The fraction of sp³-hybridized carbons (Fsp3) is 0.909. The van der Waals surface area contributed by atoms with Crippen molar-refractivity contribution in [1.82, 2.24) is 15.3 Å². The summed E-state index contributed by atoms with van der Waals surface area (Å²) in [6.07, 6.45) is 3.96. The third-order valence-electron chi connectivity index (χ3n) is 3.39. The van der Waals surface area contributed by atoms with Crippen molar-refractivity contribution in [3.05, 3.63) is 0 Å². The molecule has 2 rings (SSSR count). The number of hydrogen-bond acceptors (Lipinski definition) is 3. The molecule has 0 spiro atoms. The first-order valence-corrected chi connectivity index (χ1v) is 6.10. The highest BCUT2D eigenvalue weighted by atomic mass is 16.2. The average Bonchev–Trinajstić information content (AvgIpc) is 2.29. The van der Waals surface area contributed by atoms with Crippen molar-refractivity contribution in [3.63, 3.8) is 0 Å². The van der Waals surface area contributed by atoms with Crippen molar-refractivity contribution in [2.24, 2.45) is 0 Å². The van der Waals surface area contributed by atoms with E-state index in [9.17, 15) is 4.79 Å². The molecule has 2 fully saturated rings. The molecule has 2 aliphatic heterocycles. The second kappa shape index (κ2) is 4.94. The van der Waals surface area contributed by atoms with Gasteiger partial charge in [0.15, 0.2) is 0 Å². The van der Waals surface area contributed by atoms with Crippen LogP contribution >= 0.6 is 0 Å². The normalized spacial score (nSPS) is 25.9. The van der Waals surface area contributed by atoms with Crippen molar-refractivity contribution in [3.8, 4) is 0 Å². The molecule has 4 nitrogen and oxygen atoms in total. The molecule has 2 heterocycles. The third-order valence-corrected chi connectivity index (χ3v) is 3.39. The van der Waals surface area contributed by atoms with E-state index < -0.39 is 0 Å². The van der Waals surface area contributed by atoms with E-state index in [1.807, 2.05) is 5.01 Å². The fourth-order valence-corrected chi connectivity index (χ4v) is 2.59. The van der Waals surface area contributed by atoms with Gasteiger partial charge in [-0.2, -0.15) is 0 Å². The van der Waals surface area contributed by atoms with Crippen LogP contribution in [0.5, 0.6) is 0 Å².